The summed E-state index contributed by atoms with van der Waals surface area (Å²) in [6.07, 6.45) is -0.0835. The van der Waals surface area contributed by atoms with E-state index in [1.165, 1.54) is 24.1 Å². The summed E-state index contributed by atoms with van der Waals surface area (Å²) >= 11 is 0. The molecule has 1 aliphatic heterocycles. The molecule has 2 rings (SSSR count). The molecule has 1 atom stereocenters. The highest BCUT2D eigenvalue weighted by atomic mass is 16.5. The number of hydrogen-bond acceptors (Lipinski definition) is 5. The van der Waals surface area contributed by atoms with E-state index in [2.05, 4.69) is 10.1 Å². The summed E-state index contributed by atoms with van der Waals surface area (Å²) in [4.78, 5) is 36.1. The van der Waals surface area contributed by atoms with Crippen molar-refractivity contribution in [1.29, 1.82) is 0 Å². The van der Waals surface area contributed by atoms with Gasteiger partial charge in [-0.05, 0) is 23.8 Å². The number of likely N-dealkylation sites (N-methyl/N-ethyl adjacent to an activating group) is 1. The Bertz CT molecular complexity index is 599. The van der Waals surface area contributed by atoms with Gasteiger partial charge in [-0.15, -0.1) is 0 Å². The van der Waals surface area contributed by atoms with Crippen LogP contribution in [0.2, 0.25) is 0 Å². The van der Waals surface area contributed by atoms with Gasteiger partial charge < -0.3 is 20.1 Å². The number of anilines is 1. The third-order valence-corrected chi connectivity index (χ3v) is 3.36. The average molecular weight is 292 g/mol. The number of carboxylic acids is 1. The van der Waals surface area contributed by atoms with Crippen LogP contribution in [-0.2, 0) is 20.9 Å². The maximum atomic E-state index is 12.2. The first-order chi connectivity index (χ1) is 9.92. The monoisotopic (exact) mass is 292 g/mol. The first kappa shape index (κ1) is 14.8. The van der Waals surface area contributed by atoms with Crippen LogP contribution < -0.4 is 5.32 Å². The Kier molecular flexibility index (Phi) is 4.11. The molecular weight excluding hydrogens is 276 g/mol. The van der Waals surface area contributed by atoms with Crippen LogP contribution in [0.1, 0.15) is 22.3 Å². The highest BCUT2D eigenvalue weighted by Gasteiger charge is 2.29. The molecule has 1 amide bonds. The number of carbonyl (C=O) groups excluding carboxylic acids is 2. The quantitative estimate of drug-likeness (QED) is 0.796. The van der Waals surface area contributed by atoms with Gasteiger partial charge in [0.1, 0.15) is 6.04 Å². The van der Waals surface area contributed by atoms with E-state index in [1.54, 1.807) is 13.1 Å². The third kappa shape index (κ3) is 3.13. The van der Waals surface area contributed by atoms with E-state index in [4.69, 9.17) is 5.11 Å². The van der Waals surface area contributed by atoms with E-state index < -0.39 is 18.0 Å². The lowest BCUT2D eigenvalue weighted by atomic mass is 10.1. The molecule has 7 heteroatoms. The zero-order valence-corrected chi connectivity index (χ0v) is 11.8. The highest BCUT2D eigenvalue weighted by molar-refractivity contribution is 5.92. The molecule has 0 saturated heterocycles. The van der Waals surface area contributed by atoms with E-state index in [0.29, 0.717) is 11.3 Å². The fraction of sp³-hybridized carbons (Fsp3) is 0.357. The number of benzene rings is 1. The molecule has 7 nitrogen and oxygen atoms in total. The van der Waals surface area contributed by atoms with Gasteiger partial charge in [-0.25, -0.2) is 4.79 Å². The Morgan fingerprint density at radius 1 is 1.48 bits per heavy atom. The van der Waals surface area contributed by atoms with E-state index in [0.717, 1.165) is 0 Å². The number of carboxylic acid groups (broad SMARTS) is 1. The van der Waals surface area contributed by atoms with Gasteiger partial charge in [0.25, 0.3) is 0 Å². The molecule has 0 fully saturated rings. The molecule has 112 valence electrons. The van der Waals surface area contributed by atoms with Crippen LogP contribution in [0.15, 0.2) is 18.2 Å². The minimum absolute atomic E-state index is 0.0835. The van der Waals surface area contributed by atoms with Crippen molar-refractivity contribution in [2.75, 3.05) is 19.5 Å². The van der Waals surface area contributed by atoms with Crippen LogP contribution in [0.25, 0.3) is 0 Å². The van der Waals surface area contributed by atoms with Crippen LogP contribution in [0.5, 0.6) is 0 Å². The van der Waals surface area contributed by atoms with Crippen molar-refractivity contribution in [1.82, 2.24) is 4.90 Å². The zero-order chi connectivity index (χ0) is 15.6. The van der Waals surface area contributed by atoms with Crippen molar-refractivity contribution in [2.45, 2.75) is 19.0 Å². The summed E-state index contributed by atoms with van der Waals surface area (Å²) < 4.78 is 4.59. The van der Waals surface area contributed by atoms with Crippen molar-refractivity contribution in [2.24, 2.45) is 0 Å². The van der Waals surface area contributed by atoms with Crippen molar-refractivity contribution in [3.63, 3.8) is 0 Å². The largest absolute Gasteiger partial charge is 0.478 e. The minimum Gasteiger partial charge on any atom is -0.478 e. The second-order valence-corrected chi connectivity index (χ2v) is 4.85. The van der Waals surface area contributed by atoms with E-state index in [9.17, 15) is 14.4 Å². The van der Waals surface area contributed by atoms with Gasteiger partial charge >= 0.3 is 11.9 Å². The van der Waals surface area contributed by atoms with Gasteiger partial charge in [-0.3, -0.25) is 9.59 Å². The summed E-state index contributed by atoms with van der Waals surface area (Å²) in [5, 5.41) is 12.0. The minimum atomic E-state index is -1.03. The molecular formula is C14H16N2O5. The first-order valence-electron chi connectivity index (χ1n) is 6.37. The Labute approximate surface area is 121 Å². The molecule has 1 heterocycles. The summed E-state index contributed by atoms with van der Waals surface area (Å²) in [7, 11) is 2.87. The lowest BCUT2D eigenvalue weighted by Gasteiger charge is -2.19. The maximum absolute atomic E-state index is 12.2. The number of carbonyl (C=O) groups is 3. The number of amides is 1. The van der Waals surface area contributed by atoms with Crippen molar-refractivity contribution < 1.29 is 24.2 Å². The van der Waals surface area contributed by atoms with Gasteiger partial charge in [0.2, 0.25) is 5.91 Å². The number of hydrogen-bond donors (Lipinski definition) is 2. The molecule has 0 aromatic heterocycles. The molecule has 1 aromatic rings. The molecule has 1 aromatic carbocycles. The van der Waals surface area contributed by atoms with E-state index in [1.807, 2.05) is 0 Å². The normalized spacial score (nSPS) is 17.5. The first-order valence-corrected chi connectivity index (χ1v) is 6.37. The third-order valence-electron chi connectivity index (χ3n) is 3.36. The molecule has 0 saturated carbocycles. The number of esters is 1. The molecule has 0 bridgehead atoms. The van der Waals surface area contributed by atoms with Gasteiger partial charge in [-0.2, -0.15) is 0 Å². The van der Waals surface area contributed by atoms with Crippen molar-refractivity contribution in [3.8, 4) is 0 Å². The molecule has 2 N–H and O–H groups in total. The van der Waals surface area contributed by atoms with Crippen LogP contribution in [0.3, 0.4) is 0 Å². The number of methoxy groups -OCH3 is 1. The van der Waals surface area contributed by atoms with Crippen molar-refractivity contribution >= 4 is 23.5 Å². The van der Waals surface area contributed by atoms with Gasteiger partial charge in [0.15, 0.2) is 0 Å². The second-order valence-electron chi connectivity index (χ2n) is 4.85. The molecule has 0 radical (unpaired) electrons. The van der Waals surface area contributed by atoms with Gasteiger partial charge in [0, 0.05) is 19.3 Å². The standard InChI is InChI=1S/C14H16N2O5/c1-16-7-9-5-8(14(19)20)3-4-10(9)15-11(13(16)18)6-12(17)21-2/h3-5,11,15H,6-7H2,1-2H3,(H,19,20). The average Bonchev–Trinajstić information content (AvgIpc) is 2.56. The molecule has 0 spiro atoms. The van der Waals surface area contributed by atoms with E-state index >= 15 is 0 Å². The van der Waals surface area contributed by atoms with E-state index in [-0.39, 0.29) is 24.4 Å². The predicted octanol–water partition coefficient (Wildman–Crippen LogP) is 0.700. The number of fused-ring (bicyclic) bond motifs is 1. The zero-order valence-electron chi connectivity index (χ0n) is 11.8. The van der Waals surface area contributed by atoms with Gasteiger partial charge in [-0.1, -0.05) is 0 Å². The molecule has 1 aliphatic rings. The molecule has 0 aliphatic carbocycles. The van der Waals surface area contributed by atoms with Crippen LogP contribution in [0, 0.1) is 0 Å². The number of aromatic carboxylic acids is 1. The second kappa shape index (κ2) is 5.82. The smallest absolute Gasteiger partial charge is 0.335 e. The van der Waals surface area contributed by atoms with Crippen LogP contribution >= 0.6 is 0 Å². The summed E-state index contributed by atoms with van der Waals surface area (Å²) in [5.74, 6) is -1.75. The maximum Gasteiger partial charge on any atom is 0.335 e. The number of nitrogens with zero attached hydrogens (tertiary/aromatic N) is 1. The van der Waals surface area contributed by atoms with Crippen LogP contribution in [0.4, 0.5) is 5.69 Å². The molecule has 1 unspecified atom stereocenters. The number of ether oxygens (including phenoxy) is 1. The highest BCUT2D eigenvalue weighted by Crippen LogP contribution is 2.24. The fourth-order valence-corrected chi connectivity index (χ4v) is 2.24. The Morgan fingerprint density at radius 3 is 2.81 bits per heavy atom. The lowest BCUT2D eigenvalue weighted by molar-refractivity contribution is -0.143. The Hall–Kier alpha value is -2.57. The number of nitrogens with one attached hydrogen (secondary N) is 1. The Morgan fingerprint density at radius 2 is 2.19 bits per heavy atom. The fourth-order valence-electron chi connectivity index (χ4n) is 2.24. The summed E-state index contributed by atoms with van der Waals surface area (Å²) in [6, 6.07) is 3.86. The predicted molar refractivity (Wildman–Crippen MR) is 73.9 cm³/mol. The topological polar surface area (TPSA) is 95.9 Å². The lowest BCUT2D eigenvalue weighted by Crippen LogP contribution is -2.39. The summed E-state index contributed by atoms with van der Waals surface area (Å²) in [6.45, 7) is 0.278. The van der Waals surface area contributed by atoms with Gasteiger partial charge in [0.05, 0.1) is 19.1 Å². The number of rotatable bonds is 3. The van der Waals surface area contributed by atoms with Crippen LogP contribution in [-0.4, -0.2) is 48.1 Å². The van der Waals surface area contributed by atoms with Crippen molar-refractivity contribution in [3.05, 3.63) is 29.3 Å². The SMILES string of the molecule is COC(=O)CC1Nc2ccc(C(=O)O)cc2CN(C)C1=O. The Balaban J connectivity index is 2.33. The molecule has 21 heavy (non-hydrogen) atoms. The summed E-state index contributed by atoms with van der Waals surface area (Å²) in [5.41, 5.74) is 1.49.